The van der Waals surface area contributed by atoms with E-state index in [1.54, 1.807) is 46.6 Å². The van der Waals surface area contributed by atoms with Crippen LogP contribution in [-0.2, 0) is 32.0 Å². The molecule has 2 aliphatic rings. The number of alkyl carbamates (subject to hydrolysis) is 1. The van der Waals surface area contributed by atoms with Gasteiger partial charge in [-0.3, -0.25) is 14.4 Å². The molecule has 0 aliphatic carbocycles. The maximum absolute atomic E-state index is 14.4. The second-order valence-electron chi connectivity index (χ2n) is 13.5. The Morgan fingerprint density at radius 2 is 1.73 bits per heavy atom. The number of benzene rings is 2. The molecule has 1 fully saturated rings. The van der Waals surface area contributed by atoms with Gasteiger partial charge in [-0.1, -0.05) is 48.5 Å². The number of hydrazone groups is 1. The average molecular weight is 615 g/mol. The van der Waals surface area contributed by atoms with E-state index in [1.807, 2.05) is 60.8 Å². The minimum Gasteiger partial charge on any atom is -0.444 e. The fraction of sp³-hybridized carbons (Fsp3) is 0.441. The normalized spacial score (nSPS) is 19.2. The monoisotopic (exact) mass is 614 g/mol. The molecule has 3 N–H and O–H groups in total. The highest BCUT2D eigenvalue weighted by atomic mass is 16.6. The zero-order chi connectivity index (χ0) is 32.6. The summed E-state index contributed by atoms with van der Waals surface area (Å²) >= 11 is 0. The Labute approximate surface area is 263 Å². The SMILES string of the molecule is CN1N=C2CCN(C(=O)[C@@H](Cc3c[nH]c4ccccc34)NC(=O)C(C)(C)NC(=O)OC(C)(C)C)CC2(Cc2ccccc2)C1=O. The molecule has 1 saturated heterocycles. The first-order chi connectivity index (χ1) is 21.2. The lowest BCUT2D eigenvalue weighted by Crippen LogP contribution is -2.62. The number of hydrogen-bond donors (Lipinski definition) is 3. The van der Waals surface area contributed by atoms with Crippen LogP contribution in [0.25, 0.3) is 10.9 Å². The lowest BCUT2D eigenvalue weighted by Gasteiger charge is -2.41. The van der Waals surface area contributed by atoms with Crippen LogP contribution in [0, 0.1) is 5.41 Å². The zero-order valence-corrected chi connectivity index (χ0v) is 26.8. The number of rotatable bonds is 8. The summed E-state index contributed by atoms with van der Waals surface area (Å²) in [6, 6.07) is 16.5. The van der Waals surface area contributed by atoms with Crippen molar-refractivity contribution in [2.75, 3.05) is 20.1 Å². The molecule has 11 heteroatoms. The number of carbonyl (C=O) groups excluding carboxylic acids is 4. The topological polar surface area (TPSA) is 136 Å². The van der Waals surface area contributed by atoms with Crippen LogP contribution in [0.1, 0.15) is 52.2 Å². The first kappa shape index (κ1) is 31.7. The number of aromatic nitrogens is 1. The fourth-order valence-electron chi connectivity index (χ4n) is 6.11. The van der Waals surface area contributed by atoms with E-state index in [0.717, 1.165) is 27.7 Å². The number of likely N-dealkylation sites (tertiary alicyclic amines) is 1. The van der Waals surface area contributed by atoms with Gasteiger partial charge in [-0.25, -0.2) is 9.80 Å². The molecule has 5 rings (SSSR count). The van der Waals surface area contributed by atoms with Crippen LogP contribution in [0.5, 0.6) is 0 Å². The summed E-state index contributed by atoms with van der Waals surface area (Å²) in [6.07, 6.45) is 2.15. The fourth-order valence-corrected chi connectivity index (χ4v) is 6.11. The highest BCUT2D eigenvalue weighted by molar-refractivity contribution is 6.13. The van der Waals surface area contributed by atoms with Crippen molar-refractivity contribution in [2.24, 2.45) is 10.5 Å². The van der Waals surface area contributed by atoms with Crippen molar-refractivity contribution in [2.45, 2.75) is 71.1 Å². The number of para-hydroxylation sites is 1. The van der Waals surface area contributed by atoms with Gasteiger partial charge < -0.3 is 25.3 Å². The second kappa shape index (κ2) is 12.0. The third-order valence-corrected chi connectivity index (χ3v) is 8.35. The zero-order valence-electron chi connectivity index (χ0n) is 26.8. The summed E-state index contributed by atoms with van der Waals surface area (Å²) < 4.78 is 5.37. The first-order valence-electron chi connectivity index (χ1n) is 15.2. The first-order valence-corrected chi connectivity index (χ1v) is 15.2. The number of nitrogens with zero attached hydrogens (tertiary/aromatic N) is 3. The van der Waals surface area contributed by atoms with E-state index >= 15 is 0 Å². The van der Waals surface area contributed by atoms with Gasteiger partial charge in [-0.05, 0) is 58.2 Å². The molecule has 3 aromatic rings. The van der Waals surface area contributed by atoms with E-state index in [9.17, 15) is 19.2 Å². The smallest absolute Gasteiger partial charge is 0.408 e. The summed E-state index contributed by atoms with van der Waals surface area (Å²) in [5, 5.41) is 12.4. The van der Waals surface area contributed by atoms with Crippen molar-refractivity contribution >= 4 is 40.4 Å². The Balaban J connectivity index is 1.43. The predicted octanol–water partition coefficient (Wildman–Crippen LogP) is 3.79. The van der Waals surface area contributed by atoms with Crippen molar-refractivity contribution in [1.82, 2.24) is 25.5 Å². The molecule has 0 spiro atoms. The summed E-state index contributed by atoms with van der Waals surface area (Å²) in [5.74, 6) is -1.00. The molecular weight excluding hydrogens is 572 g/mol. The second-order valence-corrected chi connectivity index (χ2v) is 13.5. The number of nitrogens with one attached hydrogen (secondary N) is 3. The molecule has 11 nitrogen and oxygen atoms in total. The van der Waals surface area contributed by atoms with Crippen LogP contribution in [0.15, 0.2) is 65.9 Å². The van der Waals surface area contributed by atoms with E-state index < -0.39 is 34.6 Å². The Bertz CT molecular complexity index is 1640. The number of H-pyrrole nitrogens is 1. The summed E-state index contributed by atoms with van der Waals surface area (Å²) in [5.41, 5.74) is 0.389. The third-order valence-electron chi connectivity index (χ3n) is 8.35. The Hall–Kier alpha value is -4.67. The lowest BCUT2D eigenvalue weighted by atomic mass is 9.73. The van der Waals surface area contributed by atoms with Crippen molar-refractivity contribution < 1.29 is 23.9 Å². The van der Waals surface area contributed by atoms with Crippen molar-refractivity contribution in [3.8, 4) is 0 Å². The quantitative estimate of drug-likeness (QED) is 0.355. The number of ether oxygens (including phenoxy) is 1. The molecule has 45 heavy (non-hydrogen) atoms. The van der Waals surface area contributed by atoms with Crippen molar-refractivity contribution in [3.63, 3.8) is 0 Å². The van der Waals surface area contributed by atoms with Gasteiger partial charge in [0.2, 0.25) is 11.8 Å². The molecule has 1 unspecified atom stereocenters. The maximum Gasteiger partial charge on any atom is 0.408 e. The van der Waals surface area contributed by atoms with Crippen LogP contribution in [-0.4, -0.2) is 81.7 Å². The lowest BCUT2D eigenvalue weighted by molar-refractivity contribution is -0.142. The number of aromatic amines is 1. The van der Waals surface area contributed by atoms with E-state index in [0.29, 0.717) is 19.4 Å². The van der Waals surface area contributed by atoms with E-state index in [-0.39, 0.29) is 24.8 Å². The Kier molecular flexibility index (Phi) is 8.48. The van der Waals surface area contributed by atoms with Gasteiger partial charge in [-0.15, -0.1) is 0 Å². The van der Waals surface area contributed by atoms with Crippen molar-refractivity contribution in [1.29, 1.82) is 0 Å². The van der Waals surface area contributed by atoms with Crippen LogP contribution in [0.2, 0.25) is 0 Å². The number of amides is 4. The molecular formula is C34H42N6O5. The average Bonchev–Trinajstić information content (AvgIpc) is 3.49. The van der Waals surface area contributed by atoms with Crippen LogP contribution >= 0.6 is 0 Å². The van der Waals surface area contributed by atoms with Gasteiger partial charge in [0.05, 0.1) is 5.71 Å². The molecule has 4 amide bonds. The van der Waals surface area contributed by atoms with Crippen LogP contribution in [0.3, 0.4) is 0 Å². The summed E-state index contributed by atoms with van der Waals surface area (Å²) in [6.45, 7) is 8.83. The molecule has 2 atom stereocenters. The van der Waals surface area contributed by atoms with Gasteiger partial charge in [0.1, 0.15) is 22.6 Å². The van der Waals surface area contributed by atoms with Crippen LogP contribution in [0.4, 0.5) is 4.79 Å². The Morgan fingerprint density at radius 3 is 2.44 bits per heavy atom. The standard InChI is InChI=1S/C34H42N6O5/c1-32(2,3)45-31(44)37-33(4,5)29(42)36-26(18-23-20-35-25-15-11-10-14-24(23)25)28(41)40-17-16-27-34(21-40,30(43)39(6)38-27)19-22-12-8-7-9-13-22/h7-15,20,26,35H,16-19,21H2,1-6H3,(H,36,42)(H,37,44)/t26-,34?/m1/s1. The maximum atomic E-state index is 14.4. The van der Waals surface area contributed by atoms with Crippen LogP contribution < -0.4 is 10.6 Å². The van der Waals surface area contributed by atoms with Gasteiger partial charge >= 0.3 is 6.09 Å². The van der Waals surface area contributed by atoms with E-state index in [1.165, 1.54) is 5.01 Å². The third kappa shape index (κ3) is 6.72. The molecule has 3 heterocycles. The number of hydrogen-bond acceptors (Lipinski definition) is 6. The predicted molar refractivity (Wildman–Crippen MR) is 171 cm³/mol. The van der Waals surface area contributed by atoms with Gasteiger partial charge in [0.15, 0.2) is 0 Å². The van der Waals surface area contributed by atoms with Gasteiger partial charge in [-0.2, -0.15) is 5.10 Å². The molecule has 1 aromatic heterocycles. The summed E-state index contributed by atoms with van der Waals surface area (Å²) in [7, 11) is 1.65. The Morgan fingerprint density at radius 1 is 1.04 bits per heavy atom. The molecule has 2 aromatic carbocycles. The highest BCUT2D eigenvalue weighted by Crippen LogP contribution is 2.38. The molecule has 0 saturated carbocycles. The van der Waals surface area contributed by atoms with Crippen molar-refractivity contribution in [3.05, 3.63) is 71.9 Å². The largest absolute Gasteiger partial charge is 0.444 e. The molecule has 2 aliphatic heterocycles. The van der Waals surface area contributed by atoms with E-state index in [2.05, 4.69) is 20.7 Å². The molecule has 238 valence electrons. The summed E-state index contributed by atoms with van der Waals surface area (Å²) in [4.78, 5) is 59.3. The number of carbonyl (C=O) groups is 4. The number of fused-ring (bicyclic) bond motifs is 2. The molecule has 0 bridgehead atoms. The minimum absolute atomic E-state index is 0.141. The number of piperidine rings is 1. The highest BCUT2D eigenvalue weighted by Gasteiger charge is 2.54. The molecule has 0 radical (unpaired) electrons. The van der Waals surface area contributed by atoms with E-state index in [4.69, 9.17) is 4.74 Å². The van der Waals surface area contributed by atoms with Gasteiger partial charge in [0, 0.05) is 50.1 Å². The van der Waals surface area contributed by atoms with Gasteiger partial charge in [0.25, 0.3) is 5.91 Å². The minimum atomic E-state index is -1.39.